The van der Waals surface area contributed by atoms with Crippen LogP contribution >= 0.6 is 11.6 Å². The molecule has 0 aromatic heterocycles. The van der Waals surface area contributed by atoms with Gasteiger partial charge in [0.05, 0.1) is 36.4 Å². The van der Waals surface area contributed by atoms with Gasteiger partial charge in [-0.05, 0) is 55.0 Å². The van der Waals surface area contributed by atoms with E-state index in [1.54, 1.807) is 30.3 Å². The standard InChI is InChI=1S/C22H21ClFNO4S/c1-15-4-7-17(8-5-15)25(14-16-6-11-21(28-2)22(12-16)29-3)30(26,27)18-9-10-20(24)19(23)13-18/h4-13H,14H2,1-3H3. The van der Waals surface area contributed by atoms with Gasteiger partial charge in [-0.2, -0.15) is 0 Å². The number of methoxy groups -OCH3 is 2. The molecule has 0 saturated heterocycles. The van der Waals surface area contributed by atoms with Crippen LogP contribution in [0.15, 0.2) is 65.6 Å². The molecular formula is C22H21ClFNO4S. The molecule has 0 saturated carbocycles. The van der Waals surface area contributed by atoms with Gasteiger partial charge >= 0.3 is 0 Å². The molecule has 0 N–H and O–H groups in total. The summed E-state index contributed by atoms with van der Waals surface area (Å²) >= 11 is 5.84. The number of halogens is 2. The topological polar surface area (TPSA) is 55.8 Å². The molecule has 3 aromatic carbocycles. The average molecular weight is 450 g/mol. The van der Waals surface area contributed by atoms with E-state index in [0.717, 1.165) is 17.7 Å². The van der Waals surface area contributed by atoms with Gasteiger partial charge < -0.3 is 9.47 Å². The van der Waals surface area contributed by atoms with Gasteiger partial charge in [0, 0.05) is 0 Å². The van der Waals surface area contributed by atoms with Crippen LogP contribution in [-0.2, 0) is 16.6 Å². The third-order valence-corrected chi connectivity index (χ3v) is 6.63. The molecule has 0 aliphatic heterocycles. The van der Waals surface area contributed by atoms with Crippen molar-refractivity contribution in [1.82, 2.24) is 0 Å². The number of anilines is 1. The van der Waals surface area contributed by atoms with Crippen molar-refractivity contribution >= 4 is 27.3 Å². The maximum Gasteiger partial charge on any atom is 0.264 e. The summed E-state index contributed by atoms with van der Waals surface area (Å²) in [6.45, 7) is 1.94. The summed E-state index contributed by atoms with van der Waals surface area (Å²) in [6.07, 6.45) is 0. The van der Waals surface area contributed by atoms with E-state index in [1.165, 1.54) is 24.6 Å². The fourth-order valence-electron chi connectivity index (χ4n) is 2.94. The predicted molar refractivity (Wildman–Crippen MR) is 116 cm³/mol. The van der Waals surface area contributed by atoms with Gasteiger partial charge in [-0.25, -0.2) is 12.8 Å². The van der Waals surface area contributed by atoms with Gasteiger partial charge in [0.25, 0.3) is 10.0 Å². The number of hydrogen-bond acceptors (Lipinski definition) is 4. The van der Waals surface area contributed by atoms with Crippen LogP contribution in [0.5, 0.6) is 11.5 Å². The van der Waals surface area contributed by atoms with Crippen molar-refractivity contribution in [2.75, 3.05) is 18.5 Å². The molecule has 0 unspecified atom stereocenters. The number of aryl methyl sites for hydroxylation is 1. The van der Waals surface area contributed by atoms with Gasteiger partial charge in [0.2, 0.25) is 0 Å². The van der Waals surface area contributed by atoms with E-state index < -0.39 is 15.8 Å². The molecule has 0 aliphatic carbocycles. The second-order valence-electron chi connectivity index (χ2n) is 6.61. The van der Waals surface area contributed by atoms with Crippen LogP contribution in [0.3, 0.4) is 0 Å². The molecule has 8 heteroatoms. The third-order valence-electron chi connectivity index (χ3n) is 4.58. The highest BCUT2D eigenvalue weighted by molar-refractivity contribution is 7.92. The largest absolute Gasteiger partial charge is 0.493 e. The smallest absolute Gasteiger partial charge is 0.264 e. The molecule has 0 heterocycles. The van der Waals surface area contributed by atoms with Gasteiger partial charge in [-0.1, -0.05) is 35.4 Å². The lowest BCUT2D eigenvalue weighted by Crippen LogP contribution is -2.30. The first kappa shape index (κ1) is 21.9. The van der Waals surface area contributed by atoms with Crippen molar-refractivity contribution in [3.63, 3.8) is 0 Å². The van der Waals surface area contributed by atoms with Crippen molar-refractivity contribution in [1.29, 1.82) is 0 Å². The van der Waals surface area contributed by atoms with Gasteiger partial charge in [0.1, 0.15) is 5.82 Å². The zero-order chi connectivity index (χ0) is 21.9. The van der Waals surface area contributed by atoms with Gasteiger partial charge in [-0.3, -0.25) is 4.31 Å². The van der Waals surface area contributed by atoms with E-state index in [-0.39, 0.29) is 16.5 Å². The summed E-state index contributed by atoms with van der Waals surface area (Å²) in [7, 11) is -0.992. The minimum Gasteiger partial charge on any atom is -0.493 e. The van der Waals surface area contributed by atoms with Crippen molar-refractivity contribution in [2.45, 2.75) is 18.4 Å². The van der Waals surface area contributed by atoms with Crippen LogP contribution < -0.4 is 13.8 Å². The molecule has 0 spiro atoms. The molecule has 158 valence electrons. The van der Waals surface area contributed by atoms with E-state index in [2.05, 4.69) is 0 Å². The Morgan fingerprint density at radius 3 is 2.20 bits per heavy atom. The first-order chi connectivity index (χ1) is 14.3. The summed E-state index contributed by atoms with van der Waals surface area (Å²) in [4.78, 5) is -0.102. The van der Waals surface area contributed by atoms with Crippen molar-refractivity contribution in [3.05, 3.63) is 82.6 Å². The van der Waals surface area contributed by atoms with E-state index in [0.29, 0.717) is 22.7 Å². The zero-order valence-corrected chi connectivity index (χ0v) is 18.3. The summed E-state index contributed by atoms with van der Waals surface area (Å²) in [5.74, 6) is 0.342. The second kappa shape index (κ2) is 8.93. The summed E-state index contributed by atoms with van der Waals surface area (Å²) in [5.41, 5.74) is 2.15. The minimum absolute atomic E-state index is 0.0285. The summed E-state index contributed by atoms with van der Waals surface area (Å²) < 4.78 is 52.3. The Balaban J connectivity index is 2.09. The monoisotopic (exact) mass is 449 g/mol. The Hall–Kier alpha value is -2.77. The number of benzene rings is 3. The van der Waals surface area contributed by atoms with Crippen LogP contribution in [-0.4, -0.2) is 22.6 Å². The summed E-state index contributed by atoms with van der Waals surface area (Å²) in [5, 5.41) is -0.258. The maximum atomic E-state index is 13.6. The van der Waals surface area contributed by atoms with E-state index >= 15 is 0 Å². The van der Waals surface area contributed by atoms with Crippen LogP contribution in [0.25, 0.3) is 0 Å². The summed E-state index contributed by atoms with van der Waals surface area (Å²) in [6, 6.07) is 15.6. The Bertz CT molecular complexity index is 1150. The highest BCUT2D eigenvalue weighted by Gasteiger charge is 2.26. The number of nitrogens with zero attached hydrogens (tertiary/aromatic N) is 1. The lowest BCUT2D eigenvalue weighted by atomic mass is 10.2. The van der Waals surface area contributed by atoms with Crippen molar-refractivity contribution in [3.8, 4) is 11.5 Å². The maximum absolute atomic E-state index is 13.6. The molecule has 0 amide bonds. The van der Waals surface area contributed by atoms with Crippen molar-refractivity contribution < 1.29 is 22.3 Å². The lowest BCUT2D eigenvalue weighted by molar-refractivity contribution is 0.354. The molecule has 0 atom stereocenters. The van der Waals surface area contributed by atoms with Crippen LogP contribution in [0.4, 0.5) is 10.1 Å². The van der Waals surface area contributed by atoms with E-state index in [1.807, 2.05) is 19.1 Å². The lowest BCUT2D eigenvalue weighted by Gasteiger charge is -2.25. The molecule has 0 fully saturated rings. The first-order valence-corrected chi connectivity index (χ1v) is 10.8. The molecule has 0 radical (unpaired) electrons. The Morgan fingerprint density at radius 1 is 0.933 bits per heavy atom. The molecule has 30 heavy (non-hydrogen) atoms. The average Bonchev–Trinajstić information content (AvgIpc) is 2.74. The molecule has 0 bridgehead atoms. The first-order valence-electron chi connectivity index (χ1n) is 9.01. The predicted octanol–water partition coefficient (Wildman–Crippen LogP) is 5.20. The van der Waals surface area contributed by atoms with E-state index in [9.17, 15) is 12.8 Å². The number of ether oxygens (including phenoxy) is 2. The zero-order valence-electron chi connectivity index (χ0n) is 16.7. The van der Waals surface area contributed by atoms with Gasteiger partial charge in [-0.15, -0.1) is 0 Å². The molecule has 5 nitrogen and oxygen atoms in total. The second-order valence-corrected chi connectivity index (χ2v) is 8.88. The SMILES string of the molecule is COc1ccc(CN(c2ccc(C)cc2)S(=O)(=O)c2ccc(F)c(Cl)c2)cc1OC. The highest BCUT2D eigenvalue weighted by atomic mass is 35.5. The van der Waals surface area contributed by atoms with Crippen molar-refractivity contribution in [2.24, 2.45) is 0 Å². The fraction of sp³-hybridized carbons (Fsp3) is 0.182. The van der Waals surface area contributed by atoms with E-state index in [4.69, 9.17) is 21.1 Å². The molecular weight excluding hydrogens is 429 g/mol. The molecule has 3 aromatic rings. The van der Waals surface area contributed by atoms with Crippen LogP contribution in [0, 0.1) is 12.7 Å². The fourth-order valence-corrected chi connectivity index (χ4v) is 4.66. The Kier molecular flexibility index (Phi) is 6.53. The third kappa shape index (κ3) is 4.52. The number of sulfonamides is 1. The minimum atomic E-state index is -4.03. The van der Waals surface area contributed by atoms with Crippen LogP contribution in [0.2, 0.25) is 5.02 Å². The Morgan fingerprint density at radius 2 is 1.60 bits per heavy atom. The quantitative estimate of drug-likeness (QED) is 0.497. The molecule has 3 rings (SSSR count). The highest BCUT2D eigenvalue weighted by Crippen LogP contribution is 2.32. The molecule has 0 aliphatic rings. The number of hydrogen-bond donors (Lipinski definition) is 0. The normalized spacial score (nSPS) is 11.2. The Labute approximate surface area is 180 Å². The van der Waals surface area contributed by atoms with Crippen LogP contribution in [0.1, 0.15) is 11.1 Å². The number of rotatable bonds is 7. The van der Waals surface area contributed by atoms with Gasteiger partial charge in [0.15, 0.2) is 11.5 Å².